The van der Waals surface area contributed by atoms with E-state index >= 15 is 0 Å². The number of rotatable bonds is 3. The first kappa shape index (κ1) is 18.0. The Hall–Kier alpha value is -3.78. The maximum atomic E-state index is 9.35. The molecule has 3 nitrogen and oxygen atoms in total. The number of nitriles is 3. The Kier molecular flexibility index (Phi) is 5.70. The standard InChI is InChI=1S/C23H13N3S/c24-14-20(21(15-25)16-26)11-17-12-22(18-7-3-1-4-8-18)27-23(13-17)19-9-5-2-6-10-19/h1-13H. The van der Waals surface area contributed by atoms with Gasteiger partial charge in [0.15, 0.2) is 0 Å². The van der Waals surface area contributed by atoms with Crippen LogP contribution in [0.1, 0.15) is 11.1 Å². The van der Waals surface area contributed by atoms with E-state index in [1.54, 1.807) is 30.0 Å². The van der Waals surface area contributed by atoms with Gasteiger partial charge in [0.1, 0.15) is 23.8 Å². The van der Waals surface area contributed by atoms with Crippen molar-refractivity contribution < 1.29 is 0 Å². The minimum Gasteiger partial charge on any atom is -0.192 e. The molecule has 1 aliphatic heterocycles. The third-order valence-electron chi connectivity index (χ3n) is 3.86. The zero-order chi connectivity index (χ0) is 19.1. The highest BCUT2D eigenvalue weighted by Crippen LogP contribution is 2.44. The third kappa shape index (κ3) is 4.25. The lowest BCUT2D eigenvalue weighted by molar-refractivity contribution is 1.42. The number of nitrogens with zero attached hydrogens (tertiary/aromatic N) is 3. The van der Waals surface area contributed by atoms with E-state index in [9.17, 15) is 5.26 Å². The van der Waals surface area contributed by atoms with E-state index in [-0.39, 0.29) is 11.1 Å². The van der Waals surface area contributed by atoms with Crippen LogP contribution in [0.5, 0.6) is 0 Å². The van der Waals surface area contributed by atoms with E-state index in [0.29, 0.717) is 0 Å². The monoisotopic (exact) mass is 363 g/mol. The minimum absolute atomic E-state index is 0.0641. The molecular formula is C23H13N3S. The second-order valence-corrected chi connectivity index (χ2v) is 6.70. The van der Waals surface area contributed by atoms with Crippen molar-refractivity contribution in [3.63, 3.8) is 0 Å². The maximum absolute atomic E-state index is 9.35. The van der Waals surface area contributed by atoms with Crippen LogP contribution in [0.25, 0.3) is 9.81 Å². The number of hydrogen-bond acceptors (Lipinski definition) is 4. The third-order valence-corrected chi connectivity index (χ3v) is 5.00. The second-order valence-electron chi connectivity index (χ2n) is 5.62. The first-order valence-corrected chi connectivity index (χ1v) is 8.95. The van der Waals surface area contributed by atoms with Crippen LogP contribution < -0.4 is 0 Å². The zero-order valence-corrected chi connectivity index (χ0v) is 15.1. The predicted molar refractivity (Wildman–Crippen MR) is 108 cm³/mol. The van der Waals surface area contributed by atoms with Gasteiger partial charge in [-0.2, -0.15) is 15.8 Å². The molecule has 0 radical (unpaired) electrons. The van der Waals surface area contributed by atoms with Crippen LogP contribution in [-0.2, 0) is 0 Å². The molecule has 0 atom stereocenters. The fourth-order valence-corrected chi connectivity index (χ4v) is 3.70. The average Bonchev–Trinajstić information content (AvgIpc) is 2.75. The lowest BCUT2D eigenvalue weighted by atomic mass is 10.0. The molecule has 0 saturated heterocycles. The molecule has 1 heterocycles. The predicted octanol–water partition coefficient (Wildman–Crippen LogP) is 5.61. The van der Waals surface area contributed by atoms with Crippen LogP contribution in [0.2, 0.25) is 0 Å². The highest BCUT2D eigenvalue weighted by molar-refractivity contribution is 8.16. The lowest BCUT2D eigenvalue weighted by Gasteiger charge is -2.17. The van der Waals surface area contributed by atoms with Gasteiger partial charge in [0, 0.05) is 9.81 Å². The fourth-order valence-electron chi connectivity index (χ4n) is 2.57. The highest BCUT2D eigenvalue weighted by atomic mass is 32.2. The van der Waals surface area contributed by atoms with E-state index in [1.807, 2.05) is 78.9 Å². The van der Waals surface area contributed by atoms with Gasteiger partial charge in [0.2, 0.25) is 0 Å². The number of hydrogen-bond donors (Lipinski definition) is 0. The molecule has 0 spiro atoms. The van der Waals surface area contributed by atoms with E-state index in [1.165, 1.54) is 0 Å². The smallest absolute Gasteiger partial charge is 0.147 e. The van der Waals surface area contributed by atoms with Gasteiger partial charge in [0.05, 0.1) is 5.57 Å². The lowest BCUT2D eigenvalue weighted by Crippen LogP contribution is -1.92. The number of allylic oxidation sites excluding steroid dienone is 6. The molecule has 2 aromatic rings. The fraction of sp³-hybridized carbons (Fsp3) is 0. The van der Waals surface area contributed by atoms with E-state index in [2.05, 4.69) is 0 Å². The SMILES string of the molecule is N#CC(C#N)=C(C#N)C=C1C=C(c2ccccc2)SC(c2ccccc2)=C1. The molecule has 27 heavy (non-hydrogen) atoms. The van der Waals surface area contributed by atoms with E-state index in [4.69, 9.17) is 10.5 Å². The molecule has 0 aromatic heterocycles. The Bertz CT molecular complexity index is 1030. The second kappa shape index (κ2) is 8.54. The van der Waals surface area contributed by atoms with Gasteiger partial charge in [-0.15, -0.1) is 0 Å². The summed E-state index contributed by atoms with van der Waals surface area (Å²) in [4.78, 5) is 2.08. The van der Waals surface area contributed by atoms with Crippen molar-refractivity contribution in [1.82, 2.24) is 0 Å². The van der Waals surface area contributed by atoms with Gasteiger partial charge in [-0.1, -0.05) is 72.4 Å². The van der Waals surface area contributed by atoms with Crippen LogP contribution >= 0.6 is 11.8 Å². The summed E-state index contributed by atoms with van der Waals surface area (Å²) in [6.07, 6.45) is 5.53. The van der Waals surface area contributed by atoms with E-state index < -0.39 is 0 Å². The molecule has 0 unspecified atom stereocenters. The van der Waals surface area contributed by atoms with Crippen molar-refractivity contribution in [1.29, 1.82) is 15.8 Å². The number of thioether (sulfide) groups is 1. The van der Waals surface area contributed by atoms with E-state index in [0.717, 1.165) is 26.5 Å². The minimum atomic E-state index is -0.187. The van der Waals surface area contributed by atoms with Crippen LogP contribution in [-0.4, -0.2) is 0 Å². The van der Waals surface area contributed by atoms with Gasteiger partial charge in [-0.25, -0.2) is 0 Å². The normalized spacial score (nSPS) is 12.6. The van der Waals surface area contributed by atoms with Gasteiger partial charge < -0.3 is 0 Å². The summed E-state index contributed by atoms with van der Waals surface area (Å²) < 4.78 is 0. The Balaban J connectivity index is 2.14. The van der Waals surface area contributed by atoms with Crippen LogP contribution in [0.15, 0.2) is 95.6 Å². The van der Waals surface area contributed by atoms with Crippen molar-refractivity contribution in [2.45, 2.75) is 0 Å². The largest absolute Gasteiger partial charge is 0.192 e. The molecule has 0 saturated carbocycles. The number of benzene rings is 2. The summed E-state index contributed by atoms with van der Waals surface area (Å²) >= 11 is 1.65. The summed E-state index contributed by atoms with van der Waals surface area (Å²) in [7, 11) is 0. The Morgan fingerprint density at radius 3 is 1.59 bits per heavy atom. The van der Waals surface area contributed by atoms with Gasteiger partial charge >= 0.3 is 0 Å². The molecule has 0 N–H and O–H groups in total. The first-order chi connectivity index (χ1) is 13.2. The van der Waals surface area contributed by atoms with Crippen molar-refractivity contribution >= 4 is 21.6 Å². The molecular weight excluding hydrogens is 350 g/mol. The molecule has 0 bridgehead atoms. The summed E-state index contributed by atoms with van der Waals surface area (Å²) in [6.45, 7) is 0. The molecule has 0 aliphatic carbocycles. The molecule has 126 valence electrons. The van der Waals surface area contributed by atoms with Crippen molar-refractivity contribution in [3.05, 3.63) is 107 Å². The average molecular weight is 363 g/mol. The van der Waals surface area contributed by atoms with Crippen molar-refractivity contribution in [2.24, 2.45) is 0 Å². The highest BCUT2D eigenvalue weighted by Gasteiger charge is 2.15. The zero-order valence-electron chi connectivity index (χ0n) is 14.3. The van der Waals surface area contributed by atoms with Crippen LogP contribution in [0.3, 0.4) is 0 Å². The molecule has 0 amide bonds. The molecule has 2 aromatic carbocycles. The summed E-state index contributed by atoms with van der Waals surface area (Å²) in [5.41, 5.74) is 2.78. The van der Waals surface area contributed by atoms with Crippen molar-refractivity contribution in [3.8, 4) is 18.2 Å². The Morgan fingerprint density at radius 2 is 1.19 bits per heavy atom. The van der Waals surface area contributed by atoms with Gasteiger partial charge in [-0.3, -0.25) is 0 Å². The molecule has 4 heteroatoms. The molecule has 0 fully saturated rings. The van der Waals surface area contributed by atoms with Gasteiger partial charge in [-0.05, 0) is 34.9 Å². The van der Waals surface area contributed by atoms with Crippen molar-refractivity contribution in [2.75, 3.05) is 0 Å². The molecule has 3 rings (SSSR count). The topological polar surface area (TPSA) is 71.4 Å². The quantitative estimate of drug-likeness (QED) is 0.665. The summed E-state index contributed by atoms with van der Waals surface area (Å²) in [5, 5.41) is 27.5. The van der Waals surface area contributed by atoms with Crippen LogP contribution in [0.4, 0.5) is 0 Å². The Labute approximate surface area is 162 Å². The Morgan fingerprint density at radius 1 is 0.704 bits per heavy atom. The summed E-state index contributed by atoms with van der Waals surface area (Å²) in [6, 6.07) is 25.5. The molecule has 1 aliphatic rings. The van der Waals surface area contributed by atoms with Crippen LogP contribution in [0, 0.1) is 34.0 Å². The maximum Gasteiger partial charge on any atom is 0.147 e. The van der Waals surface area contributed by atoms with Gasteiger partial charge in [0.25, 0.3) is 0 Å². The summed E-state index contributed by atoms with van der Waals surface area (Å²) in [5.74, 6) is 0. The first-order valence-electron chi connectivity index (χ1n) is 8.13.